The summed E-state index contributed by atoms with van der Waals surface area (Å²) in [6.45, 7) is 0.534. The topological polar surface area (TPSA) is 89.6 Å². The summed E-state index contributed by atoms with van der Waals surface area (Å²) >= 11 is 0. The molecule has 2 aromatic carbocycles. The molecule has 0 aliphatic heterocycles. The summed E-state index contributed by atoms with van der Waals surface area (Å²) in [5.41, 5.74) is 5.52. The van der Waals surface area contributed by atoms with Gasteiger partial charge in [-0.15, -0.1) is 0 Å². The first kappa shape index (κ1) is 20.7. The quantitative estimate of drug-likeness (QED) is 0.328. The smallest absolute Gasteiger partial charge is 0.181 e. The standard InChI is InChI=1S/C28H20N6O/c1-2-7-19(8-3-1)23-10-6-11-24-26(23)28(32-16-22-9-4-5-12-31-22)34-27(33-24)21-13-20(14-29-15-21)25-17-30-18-35-25/h1-15,17-18H,16H2,(H,32,33,34). The monoisotopic (exact) mass is 456 g/mol. The van der Waals surface area contributed by atoms with Crippen molar-refractivity contribution in [3.8, 4) is 33.8 Å². The molecule has 0 aliphatic carbocycles. The van der Waals surface area contributed by atoms with Crippen LogP contribution in [-0.2, 0) is 6.54 Å². The fourth-order valence-corrected chi connectivity index (χ4v) is 4.03. The number of nitrogens with one attached hydrogen (secondary N) is 1. The number of anilines is 1. The van der Waals surface area contributed by atoms with Gasteiger partial charge in [0, 0.05) is 29.7 Å². The van der Waals surface area contributed by atoms with E-state index in [1.54, 1.807) is 24.8 Å². The summed E-state index contributed by atoms with van der Waals surface area (Å²) in [5, 5.41) is 4.46. The number of nitrogens with zero attached hydrogens (tertiary/aromatic N) is 5. The lowest BCUT2D eigenvalue weighted by molar-refractivity contribution is 0.572. The van der Waals surface area contributed by atoms with Crippen molar-refractivity contribution < 1.29 is 4.42 Å². The van der Waals surface area contributed by atoms with E-state index in [1.807, 2.05) is 54.6 Å². The number of fused-ring (bicyclic) bond motifs is 1. The highest BCUT2D eigenvalue weighted by molar-refractivity contribution is 6.02. The van der Waals surface area contributed by atoms with Gasteiger partial charge < -0.3 is 9.73 Å². The molecule has 0 atom stereocenters. The lowest BCUT2D eigenvalue weighted by Crippen LogP contribution is -2.06. The van der Waals surface area contributed by atoms with Crippen LogP contribution in [0.3, 0.4) is 0 Å². The molecule has 6 rings (SSSR count). The van der Waals surface area contributed by atoms with Crippen LogP contribution in [0.1, 0.15) is 5.69 Å². The summed E-state index contributed by atoms with van der Waals surface area (Å²) < 4.78 is 5.45. The maximum atomic E-state index is 5.45. The van der Waals surface area contributed by atoms with E-state index in [0.717, 1.165) is 44.7 Å². The predicted molar refractivity (Wildman–Crippen MR) is 135 cm³/mol. The minimum Gasteiger partial charge on any atom is -0.443 e. The molecule has 0 fully saturated rings. The molecule has 0 saturated heterocycles. The number of pyridine rings is 2. The molecule has 0 spiro atoms. The normalized spacial score (nSPS) is 11.0. The van der Waals surface area contributed by atoms with Crippen LogP contribution in [0.5, 0.6) is 0 Å². The van der Waals surface area contributed by atoms with Crippen molar-refractivity contribution >= 4 is 16.7 Å². The summed E-state index contributed by atoms with van der Waals surface area (Å²) in [4.78, 5) is 22.7. The molecule has 35 heavy (non-hydrogen) atoms. The Balaban J connectivity index is 1.50. The minimum absolute atomic E-state index is 0.534. The van der Waals surface area contributed by atoms with E-state index in [-0.39, 0.29) is 0 Å². The average molecular weight is 457 g/mol. The van der Waals surface area contributed by atoms with Crippen molar-refractivity contribution in [1.82, 2.24) is 24.9 Å². The van der Waals surface area contributed by atoms with Crippen LogP contribution >= 0.6 is 0 Å². The summed E-state index contributed by atoms with van der Waals surface area (Å²) in [7, 11) is 0. The molecule has 0 saturated carbocycles. The number of rotatable bonds is 6. The molecule has 0 amide bonds. The fourth-order valence-electron chi connectivity index (χ4n) is 4.03. The van der Waals surface area contributed by atoms with Crippen LogP contribution in [0.2, 0.25) is 0 Å². The van der Waals surface area contributed by atoms with Crippen LogP contribution in [0, 0.1) is 0 Å². The molecule has 7 heteroatoms. The maximum absolute atomic E-state index is 5.45. The van der Waals surface area contributed by atoms with E-state index < -0.39 is 0 Å². The lowest BCUT2D eigenvalue weighted by Gasteiger charge is -2.14. The SMILES string of the molecule is c1ccc(-c2cccc3nc(-c4cncc(-c5cnco5)c4)nc(NCc4ccccn4)c23)cc1. The second kappa shape index (κ2) is 9.15. The van der Waals surface area contributed by atoms with Crippen LogP contribution in [0.15, 0.2) is 108 Å². The Morgan fingerprint density at radius 1 is 0.743 bits per heavy atom. The fraction of sp³-hybridized carbons (Fsp3) is 0.0357. The molecule has 168 valence electrons. The third-order valence-electron chi connectivity index (χ3n) is 5.68. The van der Waals surface area contributed by atoms with Crippen molar-refractivity contribution in [2.24, 2.45) is 0 Å². The van der Waals surface area contributed by atoms with Crippen molar-refractivity contribution in [3.63, 3.8) is 0 Å². The average Bonchev–Trinajstić information content (AvgIpc) is 3.48. The van der Waals surface area contributed by atoms with Gasteiger partial charge in [0.1, 0.15) is 5.82 Å². The minimum atomic E-state index is 0.534. The van der Waals surface area contributed by atoms with Gasteiger partial charge in [-0.3, -0.25) is 9.97 Å². The van der Waals surface area contributed by atoms with Crippen LogP contribution in [-0.4, -0.2) is 24.9 Å². The highest BCUT2D eigenvalue weighted by Gasteiger charge is 2.15. The van der Waals surface area contributed by atoms with E-state index in [0.29, 0.717) is 18.1 Å². The first-order chi connectivity index (χ1) is 17.3. The summed E-state index contributed by atoms with van der Waals surface area (Å²) in [6, 6.07) is 24.2. The highest BCUT2D eigenvalue weighted by Crippen LogP contribution is 2.34. The summed E-state index contributed by atoms with van der Waals surface area (Å²) in [5.74, 6) is 1.94. The molecule has 0 bridgehead atoms. The summed E-state index contributed by atoms with van der Waals surface area (Å²) in [6.07, 6.45) is 8.34. The molecule has 1 N–H and O–H groups in total. The van der Waals surface area contributed by atoms with Gasteiger partial charge in [-0.25, -0.2) is 15.0 Å². The third kappa shape index (κ3) is 4.22. The van der Waals surface area contributed by atoms with E-state index in [1.165, 1.54) is 6.39 Å². The van der Waals surface area contributed by atoms with Crippen LogP contribution in [0.4, 0.5) is 5.82 Å². The van der Waals surface area contributed by atoms with Gasteiger partial charge in [0.15, 0.2) is 18.0 Å². The molecular weight excluding hydrogens is 436 g/mol. The number of aromatic nitrogens is 5. The lowest BCUT2D eigenvalue weighted by atomic mass is 10.0. The Kier molecular flexibility index (Phi) is 5.41. The van der Waals surface area contributed by atoms with Gasteiger partial charge in [0.25, 0.3) is 0 Å². The Bertz CT molecular complexity index is 1590. The second-order valence-electron chi connectivity index (χ2n) is 7.96. The molecule has 0 unspecified atom stereocenters. The van der Waals surface area contributed by atoms with E-state index >= 15 is 0 Å². The number of oxazole rings is 1. The van der Waals surface area contributed by atoms with Crippen LogP contribution in [0.25, 0.3) is 44.7 Å². The van der Waals surface area contributed by atoms with Crippen LogP contribution < -0.4 is 5.32 Å². The van der Waals surface area contributed by atoms with Crippen molar-refractivity contribution in [2.75, 3.05) is 5.32 Å². The van der Waals surface area contributed by atoms with Gasteiger partial charge in [0.05, 0.1) is 29.3 Å². The predicted octanol–water partition coefficient (Wildman–Crippen LogP) is 6.02. The Labute approximate surface area is 201 Å². The van der Waals surface area contributed by atoms with Gasteiger partial charge in [-0.05, 0) is 35.4 Å². The zero-order chi connectivity index (χ0) is 23.5. The molecule has 4 aromatic heterocycles. The van der Waals surface area contributed by atoms with E-state index in [9.17, 15) is 0 Å². The second-order valence-corrected chi connectivity index (χ2v) is 7.96. The molecule has 4 heterocycles. The van der Waals surface area contributed by atoms with E-state index in [2.05, 4.69) is 38.5 Å². The first-order valence-corrected chi connectivity index (χ1v) is 11.2. The van der Waals surface area contributed by atoms with Gasteiger partial charge >= 0.3 is 0 Å². The molecule has 0 radical (unpaired) electrons. The van der Waals surface area contributed by atoms with Crippen molar-refractivity contribution in [2.45, 2.75) is 6.54 Å². The number of hydrogen-bond acceptors (Lipinski definition) is 7. The number of benzene rings is 2. The van der Waals surface area contributed by atoms with Gasteiger partial charge in [-0.2, -0.15) is 0 Å². The first-order valence-electron chi connectivity index (χ1n) is 11.2. The Morgan fingerprint density at radius 3 is 2.46 bits per heavy atom. The van der Waals surface area contributed by atoms with Crippen molar-refractivity contribution in [3.05, 3.63) is 110 Å². The maximum Gasteiger partial charge on any atom is 0.181 e. The Morgan fingerprint density at radius 2 is 1.63 bits per heavy atom. The van der Waals surface area contributed by atoms with Gasteiger partial charge in [-0.1, -0.05) is 48.5 Å². The van der Waals surface area contributed by atoms with E-state index in [4.69, 9.17) is 14.4 Å². The molecule has 6 aromatic rings. The van der Waals surface area contributed by atoms with Crippen molar-refractivity contribution in [1.29, 1.82) is 0 Å². The molecular formula is C28H20N6O. The highest BCUT2D eigenvalue weighted by atomic mass is 16.3. The Hall–Kier alpha value is -4.91. The molecule has 0 aliphatic rings. The zero-order valence-corrected chi connectivity index (χ0v) is 18.7. The number of hydrogen-bond donors (Lipinski definition) is 1. The third-order valence-corrected chi connectivity index (χ3v) is 5.68. The zero-order valence-electron chi connectivity index (χ0n) is 18.7. The molecule has 7 nitrogen and oxygen atoms in total. The van der Waals surface area contributed by atoms with Gasteiger partial charge in [0.2, 0.25) is 0 Å². The largest absolute Gasteiger partial charge is 0.443 e.